The first-order valence-corrected chi connectivity index (χ1v) is 5.29. The number of hydrogen-bond donors (Lipinski definition) is 0. The molecule has 66 valence electrons. The zero-order valence-corrected chi connectivity index (χ0v) is 7.66. The lowest BCUT2D eigenvalue weighted by atomic mass is 10.4. The van der Waals surface area contributed by atoms with Gasteiger partial charge in [0.15, 0.2) is 0 Å². The average molecular weight is 210 g/mol. The first kappa shape index (κ1) is 9.41. The van der Waals surface area contributed by atoms with E-state index in [-0.39, 0.29) is 10.6 Å². The summed E-state index contributed by atoms with van der Waals surface area (Å²) < 4.78 is 34.0. The predicted octanol–water partition coefficient (Wildman–Crippen LogP) is 1.46. The molecule has 0 amide bonds. The minimum absolute atomic E-state index is 0.186. The van der Waals surface area contributed by atoms with Gasteiger partial charge < -0.3 is 0 Å². The number of rotatable bonds is 1. The van der Waals surface area contributed by atoms with E-state index in [0.717, 1.165) is 12.3 Å². The van der Waals surface area contributed by atoms with Gasteiger partial charge in [-0.3, -0.25) is 4.98 Å². The molecule has 0 fully saturated rings. The van der Waals surface area contributed by atoms with Gasteiger partial charge in [0.05, 0.1) is 11.9 Å². The highest BCUT2D eigenvalue weighted by Crippen LogP contribution is 2.17. The minimum Gasteiger partial charge on any atom is -0.257 e. The summed E-state index contributed by atoms with van der Waals surface area (Å²) in [5.41, 5.74) is 0.186. The first-order chi connectivity index (χ1) is 5.41. The van der Waals surface area contributed by atoms with Crippen molar-refractivity contribution >= 4 is 19.7 Å². The summed E-state index contributed by atoms with van der Waals surface area (Å²) in [5.74, 6) is -0.722. The second kappa shape index (κ2) is 2.99. The molecule has 0 aliphatic heterocycles. The Hall–Kier alpha value is -0.680. The van der Waals surface area contributed by atoms with Crippen LogP contribution in [-0.4, -0.2) is 13.4 Å². The van der Waals surface area contributed by atoms with Crippen molar-refractivity contribution in [1.82, 2.24) is 4.98 Å². The molecule has 0 spiro atoms. The van der Waals surface area contributed by atoms with Gasteiger partial charge in [0, 0.05) is 10.7 Å². The molecule has 0 N–H and O–H groups in total. The van der Waals surface area contributed by atoms with Gasteiger partial charge in [-0.1, -0.05) is 0 Å². The molecule has 1 aromatic rings. The maximum absolute atomic E-state index is 12.5. The zero-order valence-electron chi connectivity index (χ0n) is 6.08. The molecule has 0 aliphatic rings. The van der Waals surface area contributed by atoms with Gasteiger partial charge >= 0.3 is 0 Å². The Kier molecular flexibility index (Phi) is 2.34. The Morgan fingerprint density at radius 2 is 2.17 bits per heavy atom. The summed E-state index contributed by atoms with van der Waals surface area (Å²) in [6, 6.07) is 0.838. The van der Waals surface area contributed by atoms with Crippen molar-refractivity contribution in [1.29, 1.82) is 0 Å². The fourth-order valence-electron chi connectivity index (χ4n) is 0.736. The van der Waals surface area contributed by atoms with Gasteiger partial charge in [0.25, 0.3) is 9.05 Å². The molecule has 0 saturated heterocycles. The standard InChI is InChI=1S/C6H5ClFNO2S/c1-4-6(12(7,10)11)2-5(8)3-9-4/h2-3H,1H3. The number of aryl methyl sites for hydroxylation is 1. The van der Waals surface area contributed by atoms with E-state index < -0.39 is 14.9 Å². The van der Waals surface area contributed by atoms with E-state index in [1.54, 1.807) is 0 Å². The second-order valence-electron chi connectivity index (χ2n) is 2.17. The molecule has 3 nitrogen and oxygen atoms in total. The van der Waals surface area contributed by atoms with Crippen molar-refractivity contribution in [3.05, 3.63) is 23.8 Å². The number of nitrogens with zero attached hydrogens (tertiary/aromatic N) is 1. The minimum atomic E-state index is -3.89. The van der Waals surface area contributed by atoms with Crippen LogP contribution >= 0.6 is 10.7 Å². The third kappa shape index (κ3) is 1.92. The van der Waals surface area contributed by atoms with Crippen LogP contribution in [0.15, 0.2) is 17.2 Å². The summed E-state index contributed by atoms with van der Waals surface area (Å²) in [6.45, 7) is 1.44. The summed E-state index contributed by atoms with van der Waals surface area (Å²) >= 11 is 0. The first-order valence-electron chi connectivity index (χ1n) is 2.98. The van der Waals surface area contributed by atoms with E-state index in [2.05, 4.69) is 4.98 Å². The van der Waals surface area contributed by atoms with E-state index in [4.69, 9.17) is 10.7 Å². The van der Waals surface area contributed by atoms with Gasteiger partial charge in [-0.05, 0) is 13.0 Å². The molecule has 0 aliphatic carbocycles. The summed E-state index contributed by atoms with van der Waals surface area (Å²) in [5, 5.41) is 0. The van der Waals surface area contributed by atoms with Crippen LogP contribution < -0.4 is 0 Å². The molecule has 0 unspecified atom stereocenters. The predicted molar refractivity (Wildman–Crippen MR) is 42.0 cm³/mol. The number of hydrogen-bond acceptors (Lipinski definition) is 3. The van der Waals surface area contributed by atoms with E-state index in [0.29, 0.717) is 0 Å². The van der Waals surface area contributed by atoms with Gasteiger partial charge in [-0.2, -0.15) is 0 Å². The van der Waals surface area contributed by atoms with Gasteiger partial charge in [0.2, 0.25) is 0 Å². The van der Waals surface area contributed by atoms with Crippen molar-refractivity contribution in [2.24, 2.45) is 0 Å². The van der Waals surface area contributed by atoms with Crippen LogP contribution in [0.4, 0.5) is 4.39 Å². The van der Waals surface area contributed by atoms with E-state index in [9.17, 15) is 12.8 Å². The molecule has 0 radical (unpaired) electrons. The third-order valence-electron chi connectivity index (χ3n) is 1.27. The lowest BCUT2D eigenvalue weighted by molar-refractivity contribution is 0.596. The topological polar surface area (TPSA) is 47.0 Å². The Bertz CT molecular complexity index is 404. The fraction of sp³-hybridized carbons (Fsp3) is 0.167. The van der Waals surface area contributed by atoms with Crippen LogP contribution in [-0.2, 0) is 9.05 Å². The van der Waals surface area contributed by atoms with Crippen molar-refractivity contribution in [3.8, 4) is 0 Å². The Balaban J connectivity index is 3.43. The lowest BCUT2D eigenvalue weighted by Gasteiger charge is -1.99. The number of halogens is 2. The van der Waals surface area contributed by atoms with Crippen LogP contribution in [0.25, 0.3) is 0 Å². The van der Waals surface area contributed by atoms with Crippen LogP contribution in [0.5, 0.6) is 0 Å². The molecule has 1 heterocycles. The monoisotopic (exact) mass is 209 g/mol. The van der Waals surface area contributed by atoms with Crippen molar-refractivity contribution in [2.75, 3.05) is 0 Å². The molecule has 0 bridgehead atoms. The second-order valence-corrected chi connectivity index (χ2v) is 4.71. The van der Waals surface area contributed by atoms with Gasteiger partial charge in [-0.25, -0.2) is 12.8 Å². The van der Waals surface area contributed by atoms with Crippen LogP contribution in [0, 0.1) is 12.7 Å². The van der Waals surface area contributed by atoms with E-state index in [1.165, 1.54) is 6.92 Å². The quantitative estimate of drug-likeness (QED) is 0.658. The molecule has 6 heteroatoms. The number of aromatic nitrogens is 1. The smallest absolute Gasteiger partial charge is 0.257 e. The summed E-state index contributed by atoms with van der Waals surface area (Å²) in [4.78, 5) is 3.22. The number of pyridine rings is 1. The maximum Gasteiger partial charge on any atom is 0.263 e. The highest BCUT2D eigenvalue weighted by molar-refractivity contribution is 8.13. The molecule has 1 rings (SSSR count). The van der Waals surface area contributed by atoms with E-state index in [1.807, 2.05) is 0 Å². The fourth-order valence-corrected chi connectivity index (χ4v) is 1.86. The van der Waals surface area contributed by atoms with Crippen LogP contribution in [0.3, 0.4) is 0 Å². The molecular weight excluding hydrogens is 205 g/mol. The molecule has 1 aromatic heterocycles. The Labute approximate surface area is 73.6 Å². The average Bonchev–Trinajstić information content (AvgIpc) is 1.92. The molecule has 12 heavy (non-hydrogen) atoms. The van der Waals surface area contributed by atoms with Gasteiger partial charge in [0.1, 0.15) is 10.7 Å². The lowest BCUT2D eigenvalue weighted by Crippen LogP contribution is -1.97. The van der Waals surface area contributed by atoms with Crippen molar-refractivity contribution in [3.63, 3.8) is 0 Å². The highest BCUT2D eigenvalue weighted by Gasteiger charge is 2.14. The van der Waals surface area contributed by atoms with Crippen LogP contribution in [0.1, 0.15) is 5.69 Å². The normalized spacial score (nSPS) is 11.6. The SMILES string of the molecule is Cc1ncc(F)cc1S(=O)(=O)Cl. The summed E-state index contributed by atoms with van der Waals surface area (Å²) in [7, 11) is 1.12. The van der Waals surface area contributed by atoms with Crippen molar-refractivity contribution < 1.29 is 12.8 Å². The van der Waals surface area contributed by atoms with E-state index >= 15 is 0 Å². The molecular formula is C6H5ClFNO2S. The highest BCUT2D eigenvalue weighted by atomic mass is 35.7. The molecule has 0 aromatic carbocycles. The maximum atomic E-state index is 12.5. The molecule has 0 saturated carbocycles. The summed E-state index contributed by atoms with van der Waals surface area (Å²) in [6.07, 6.45) is 0.931. The van der Waals surface area contributed by atoms with Gasteiger partial charge in [-0.15, -0.1) is 0 Å². The van der Waals surface area contributed by atoms with Crippen molar-refractivity contribution in [2.45, 2.75) is 11.8 Å². The third-order valence-corrected chi connectivity index (χ3v) is 2.71. The molecule has 0 atom stereocenters. The zero-order chi connectivity index (χ0) is 9.35. The Morgan fingerprint density at radius 3 is 2.58 bits per heavy atom. The largest absolute Gasteiger partial charge is 0.263 e. The Morgan fingerprint density at radius 1 is 1.58 bits per heavy atom. The van der Waals surface area contributed by atoms with Crippen LogP contribution in [0.2, 0.25) is 0 Å².